The molecule has 0 saturated heterocycles. The van der Waals surface area contributed by atoms with E-state index in [2.05, 4.69) is 6.07 Å². The Morgan fingerprint density at radius 2 is 2.25 bits per heavy atom. The van der Waals surface area contributed by atoms with Gasteiger partial charge in [-0.25, -0.2) is 0 Å². The minimum absolute atomic E-state index is 0.0185. The molecule has 0 fully saturated rings. The molecule has 0 aromatic heterocycles. The number of hydrogen-bond acceptors (Lipinski definition) is 2. The van der Waals surface area contributed by atoms with E-state index in [4.69, 9.17) is 11.0 Å². The molecule has 0 amide bonds. The van der Waals surface area contributed by atoms with Crippen LogP contribution in [0.5, 0.6) is 0 Å². The second kappa shape index (κ2) is 3.45. The standard InChI is InChI=1S/C6H12N2/c1-3-6(4-7)5(2)8/h5-6H,3,8H2,1-2H3. The van der Waals surface area contributed by atoms with Gasteiger partial charge in [-0.1, -0.05) is 6.92 Å². The largest absolute Gasteiger partial charge is 0.327 e. The van der Waals surface area contributed by atoms with E-state index >= 15 is 0 Å². The molecule has 0 spiro atoms. The fourth-order valence-electron chi connectivity index (χ4n) is 0.581. The molecule has 0 saturated carbocycles. The van der Waals surface area contributed by atoms with Crippen molar-refractivity contribution in [3.05, 3.63) is 0 Å². The van der Waals surface area contributed by atoms with E-state index in [1.165, 1.54) is 0 Å². The zero-order valence-corrected chi connectivity index (χ0v) is 5.39. The summed E-state index contributed by atoms with van der Waals surface area (Å²) in [6, 6.07) is 2.14. The Morgan fingerprint density at radius 1 is 1.75 bits per heavy atom. The van der Waals surface area contributed by atoms with Gasteiger partial charge in [0.1, 0.15) is 0 Å². The van der Waals surface area contributed by atoms with Crippen molar-refractivity contribution < 1.29 is 0 Å². The monoisotopic (exact) mass is 112 g/mol. The molecule has 0 aromatic carbocycles. The molecule has 0 heterocycles. The van der Waals surface area contributed by atoms with E-state index in [0.717, 1.165) is 6.42 Å². The zero-order chi connectivity index (χ0) is 6.57. The maximum absolute atomic E-state index is 8.37. The summed E-state index contributed by atoms with van der Waals surface area (Å²) in [5.74, 6) is 0.0370. The Labute approximate surface area is 50.3 Å². The van der Waals surface area contributed by atoms with Crippen molar-refractivity contribution in [1.29, 1.82) is 5.26 Å². The van der Waals surface area contributed by atoms with Crippen molar-refractivity contribution in [3.63, 3.8) is 0 Å². The molecule has 8 heavy (non-hydrogen) atoms. The molecule has 0 aliphatic heterocycles. The highest BCUT2D eigenvalue weighted by molar-refractivity contribution is 4.86. The van der Waals surface area contributed by atoms with E-state index in [9.17, 15) is 0 Å². The van der Waals surface area contributed by atoms with Gasteiger partial charge in [0, 0.05) is 6.04 Å². The fourth-order valence-corrected chi connectivity index (χ4v) is 0.581. The number of nitrogens with zero attached hydrogens (tertiary/aromatic N) is 1. The SMILES string of the molecule is CCC(C#N)C(C)N. The third kappa shape index (κ3) is 1.94. The average Bonchev–Trinajstić information content (AvgIpc) is 1.69. The lowest BCUT2D eigenvalue weighted by Gasteiger charge is -2.07. The van der Waals surface area contributed by atoms with E-state index in [-0.39, 0.29) is 12.0 Å². The Bertz CT molecular complexity index is 91.2. The molecule has 2 nitrogen and oxygen atoms in total. The van der Waals surface area contributed by atoms with Gasteiger partial charge < -0.3 is 5.73 Å². The first kappa shape index (κ1) is 7.45. The lowest BCUT2D eigenvalue weighted by molar-refractivity contribution is 0.531. The summed E-state index contributed by atoms with van der Waals surface area (Å²) in [6.07, 6.45) is 0.855. The van der Waals surface area contributed by atoms with Gasteiger partial charge in [0.25, 0.3) is 0 Å². The Hall–Kier alpha value is -0.550. The van der Waals surface area contributed by atoms with E-state index in [1.807, 2.05) is 13.8 Å². The molecule has 0 aliphatic carbocycles. The second-order valence-corrected chi connectivity index (χ2v) is 2.00. The highest BCUT2D eigenvalue weighted by Gasteiger charge is 2.07. The number of hydrogen-bond donors (Lipinski definition) is 1. The quantitative estimate of drug-likeness (QED) is 0.576. The maximum Gasteiger partial charge on any atom is 0.0671 e. The first-order valence-electron chi connectivity index (χ1n) is 2.87. The Balaban J connectivity index is 3.57. The molecule has 0 aliphatic rings. The van der Waals surface area contributed by atoms with Gasteiger partial charge >= 0.3 is 0 Å². The predicted octanol–water partition coefficient (Wildman–Crippen LogP) is 0.883. The number of nitrogens with two attached hydrogens (primary N) is 1. The predicted molar refractivity (Wildman–Crippen MR) is 33.0 cm³/mol. The zero-order valence-electron chi connectivity index (χ0n) is 5.39. The van der Waals surface area contributed by atoms with Crippen LogP contribution in [0, 0.1) is 17.2 Å². The summed E-state index contributed by atoms with van der Waals surface area (Å²) in [4.78, 5) is 0. The van der Waals surface area contributed by atoms with E-state index in [1.54, 1.807) is 0 Å². The summed E-state index contributed by atoms with van der Waals surface area (Å²) in [5.41, 5.74) is 5.44. The third-order valence-electron chi connectivity index (χ3n) is 1.24. The van der Waals surface area contributed by atoms with Crippen LogP contribution in [-0.2, 0) is 0 Å². The van der Waals surface area contributed by atoms with Crippen molar-refractivity contribution in [1.82, 2.24) is 0 Å². The van der Waals surface area contributed by atoms with Gasteiger partial charge in [-0.15, -0.1) is 0 Å². The van der Waals surface area contributed by atoms with Crippen molar-refractivity contribution >= 4 is 0 Å². The molecular formula is C6H12N2. The van der Waals surface area contributed by atoms with Gasteiger partial charge in [-0.05, 0) is 13.3 Å². The van der Waals surface area contributed by atoms with Gasteiger partial charge in [-0.2, -0.15) is 5.26 Å². The highest BCUT2D eigenvalue weighted by atomic mass is 14.6. The van der Waals surface area contributed by atoms with Gasteiger partial charge in [0.05, 0.1) is 12.0 Å². The molecule has 0 radical (unpaired) electrons. The molecule has 0 bridgehead atoms. The fraction of sp³-hybridized carbons (Fsp3) is 0.833. The van der Waals surface area contributed by atoms with Gasteiger partial charge in [0.2, 0.25) is 0 Å². The summed E-state index contributed by atoms with van der Waals surface area (Å²) in [7, 11) is 0. The smallest absolute Gasteiger partial charge is 0.0671 e. The van der Waals surface area contributed by atoms with Crippen molar-refractivity contribution in [2.45, 2.75) is 26.3 Å². The summed E-state index contributed by atoms with van der Waals surface area (Å²) in [6.45, 7) is 3.83. The molecule has 0 rings (SSSR count). The van der Waals surface area contributed by atoms with Crippen LogP contribution in [0.2, 0.25) is 0 Å². The molecule has 46 valence electrons. The highest BCUT2D eigenvalue weighted by Crippen LogP contribution is 2.02. The third-order valence-corrected chi connectivity index (χ3v) is 1.24. The van der Waals surface area contributed by atoms with Gasteiger partial charge in [0.15, 0.2) is 0 Å². The second-order valence-electron chi connectivity index (χ2n) is 2.00. The van der Waals surface area contributed by atoms with Crippen LogP contribution in [0.4, 0.5) is 0 Å². The van der Waals surface area contributed by atoms with Gasteiger partial charge in [-0.3, -0.25) is 0 Å². The first-order chi connectivity index (χ1) is 3.72. The summed E-state index contributed by atoms with van der Waals surface area (Å²) >= 11 is 0. The normalized spacial score (nSPS) is 16.8. The van der Waals surface area contributed by atoms with Crippen molar-refractivity contribution in [3.8, 4) is 6.07 Å². The minimum atomic E-state index is 0.0185. The summed E-state index contributed by atoms with van der Waals surface area (Å²) < 4.78 is 0. The number of nitriles is 1. The molecular weight excluding hydrogens is 100 g/mol. The molecule has 2 N–H and O–H groups in total. The van der Waals surface area contributed by atoms with E-state index < -0.39 is 0 Å². The van der Waals surface area contributed by atoms with E-state index in [0.29, 0.717) is 0 Å². The van der Waals surface area contributed by atoms with Crippen LogP contribution in [-0.4, -0.2) is 6.04 Å². The first-order valence-corrected chi connectivity index (χ1v) is 2.87. The Morgan fingerprint density at radius 3 is 2.25 bits per heavy atom. The van der Waals surface area contributed by atoms with Crippen LogP contribution in [0.15, 0.2) is 0 Å². The maximum atomic E-state index is 8.37. The summed E-state index contributed by atoms with van der Waals surface area (Å²) in [5, 5.41) is 8.37. The van der Waals surface area contributed by atoms with Crippen molar-refractivity contribution in [2.24, 2.45) is 11.7 Å². The number of rotatable bonds is 2. The van der Waals surface area contributed by atoms with Crippen LogP contribution >= 0.6 is 0 Å². The average molecular weight is 112 g/mol. The van der Waals surface area contributed by atoms with Crippen LogP contribution < -0.4 is 5.73 Å². The van der Waals surface area contributed by atoms with Crippen molar-refractivity contribution in [2.75, 3.05) is 0 Å². The molecule has 2 heteroatoms. The lowest BCUT2D eigenvalue weighted by atomic mass is 10.0. The molecule has 0 aromatic rings. The lowest BCUT2D eigenvalue weighted by Crippen LogP contribution is -2.24. The van der Waals surface area contributed by atoms with Crippen LogP contribution in [0.3, 0.4) is 0 Å². The van der Waals surface area contributed by atoms with Crippen LogP contribution in [0.25, 0.3) is 0 Å². The van der Waals surface area contributed by atoms with Crippen LogP contribution in [0.1, 0.15) is 20.3 Å². The Kier molecular flexibility index (Phi) is 3.21. The molecule has 2 unspecified atom stereocenters. The topological polar surface area (TPSA) is 49.8 Å². The molecule has 2 atom stereocenters. The minimum Gasteiger partial charge on any atom is -0.327 e.